The zero-order chi connectivity index (χ0) is 15.2. The predicted molar refractivity (Wildman–Crippen MR) is 74.9 cm³/mol. The molecule has 0 heterocycles. The fraction of sp³-hybridized carbons (Fsp3) is 0.500. The van der Waals surface area contributed by atoms with E-state index < -0.39 is 30.3 Å². The highest BCUT2D eigenvalue weighted by molar-refractivity contribution is 5.76. The second kappa shape index (κ2) is 7.04. The molecule has 112 valence electrons. The van der Waals surface area contributed by atoms with Gasteiger partial charge in [0.1, 0.15) is 16.9 Å². The molecule has 0 fully saturated rings. The number of nitro groups is 1. The van der Waals surface area contributed by atoms with Crippen LogP contribution in [-0.4, -0.2) is 52.1 Å². The highest BCUT2D eigenvalue weighted by Gasteiger charge is 2.31. The number of hydrogen-bond donors (Lipinski definition) is 5. The third-order valence-corrected chi connectivity index (χ3v) is 2.89. The Bertz CT molecular complexity index is 454. The average Bonchev–Trinajstić information content (AvgIpc) is 2.45. The Morgan fingerprint density at radius 1 is 1.20 bits per heavy atom. The molecule has 1 aromatic carbocycles. The highest BCUT2D eigenvalue weighted by Crippen LogP contribution is 2.34. The Kier molecular flexibility index (Phi) is 5.68. The maximum absolute atomic E-state index is 11.2. The van der Waals surface area contributed by atoms with Crippen molar-refractivity contribution in [1.29, 1.82) is 0 Å². The number of anilines is 2. The van der Waals surface area contributed by atoms with Crippen molar-refractivity contribution in [1.82, 2.24) is 0 Å². The fourth-order valence-corrected chi connectivity index (χ4v) is 1.73. The summed E-state index contributed by atoms with van der Waals surface area (Å²) in [6.45, 7) is 0.618. The van der Waals surface area contributed by atoms with E-state index >= 15 is 0 Å². The van der Waals surface area contributed by atoms with Crippen molar-refractivity contribution in [2.24, 2.45) is 0 Å². The lowest BCUT2D eigenvalue weighted by Gasteiger charge is -2.29. The summed E-state index contributed by atoms with van der Waals surface area (Å²) in [5.41, 5.74) is -1.18. The van der Waals surface area contributed by atoms with E-state index in [4.69, 9.17) is 0 Å². The lowest BCUT2D eigenvalue weighted by molar-refractivity contribution is -0.383. The first kappa shape index (κ1) is 16.2. The van der Waals surface area contributed by atoms with Gasteiger partial charge in [-0.3, -0.25) is 10.1 Å². The molecule has 0 saturated carbocycles. The molecular formula is C12H19N3O5. The molecule has 0 aliphatic heterocycles. The minimum atomic E-state index is -1.42. The third-order valence-electron chi connectivity index (χ3n) is 2.89. The second-order valence-electron chi connectivity index (χ2n) is 4.37. The Morgan fingerprint density at radius 2 is 1.75 bits per heavy atom. The molecule has 0 unspecified atom stereocenters. The van der Waals surface area contributed by atoms with Crippen LogP contribution < -0.4 is 10.6 Å². The van der Waals surface area contributed by atoms with Crippen LogP contribution in [0.15, 0.2) is 18.2 Å². The summed E-state index contributed by atoms with van der Waals surface area (Å²) in [6, 6.07) is 4.62. The largest absolute Gasteiger partial charge is 0.394 e. The molecule has 0 aliphatic carbocycles. The maximum atomic E-state index is 11.2. The molecule has 0 amide bonds. The summed E-state index contributed by atoms with van der Waals surface area (Å²) < 4.78 is 0. The number of para-hydroxylation sites is 1. The van der Waals surface area contributed by atoms with Gasteiger partial charge in [0, 0.05) is 6.54 Å². The average molecular weight is 285 g/mol. The molecule has 1 aromatic rings. The minimum absolute atomic E-state index is 0.116. The lowest BCUT2D eigenvalue weighted by atomic mass is 10.0. The van der Waals surface area contributed by atoms with Crippen LogP contribution in [0.1, 0.15) is 6.92 Å². The van der Waals surface area contributed by atoms with E-state index in [1.165, 1.54) is 6.07 Å². The van der Waals surface area contributed by atoms with Crippen LogP contribution in [0.3, 0.4) is 0 Å². The zero-order valence-electron chi connectivity index (χ0n) is 11.2. The molecule has 0 spiro atoms. The summed E-state index contributed by atoms with van der Waals surface area (Å²) in [5, 5.41) is 44.5. The molecule has 1 rings (SSSR count). The summed E-state index contributed by atoms with van der Waals surface area (Å²) >= 11 is 0. The molecule has 0 atom stereocenters. The Morgan fingerprint density at radius 3 is 2.20 bits per heavy atom. The number of benzene rings is 1. The minimum Gasteiger partial charge on any atom is -0.394 e. The molecule has 0 radical (unpaired) electrons. The first-order valence-electron chi connectivity index (χ1n) is 6.15. The van der Waals surface area contributed by atoms with Crippen LogP contribution >= 0.6 is 0 Å². The first-order valence-corrected chi connectivity index (χ1v) is 6.15. The van der Waals surface area contributed by atoms with Crippen molar-refractivity contribution < 1.29 is 20.2 Å². The van der Waals surface area contributed by atoms with Crippen molar-refractivity contribution >= 4 is 17.1 Å². The van der Waals surface area contributed by atoms with E-state index in [1.54, 1.807) is 12.1 Å². The Labute approximate surface area is 116 Å². The molecule has 0 bridgehead atoms. The van der Waals surface area contributed by atoms with Gasteiger partial charge in [-0.2, -0.15) is 0 Å². The van der Waals surface area contributed by atoms with E-state index in [0.29, 0.717) is 12.2 Å². The molecule has 8 heteroatoms. The maximum Gasteiger partial charge on any atom is 0.315 e. The summed E-state index contributed by atoms with van der Waals surface area (Å²) in [5.74, 6) is 0. The fourth-order valence-electron chi connectivity index (χ4n) is 1.73. The van der Waals surface area contributed by atoms with Gasteiger partial charge in [0.25, 0.3) is 0 Å². The number of aliphatic hydroxyl groups excluding tert-OH is 3. The smallest absolute Gasteiger partial charge is 0.315 e. The van der Waals surface area contributed by atoms with Gasteiger partial charge in [0.15, 0.2) is 0 Å². The Balaban J connectivity index is 3.23. The SMILES string of the molecule is CCNc1cccc(NC(CO)(CO)CO)c1[N+](=O)[O-]. The second-order valence-corrected chi connectivity index (χ2v) is 4.37. The van der Waals surface area contributed by atoms with Gasteiger partial charge in [0.2, 0.25) is 0 Å². The van der Waals surface area contributed by atoms with E-state index in [1.807, 2.05) is 6.92 Å². The topological polar surface area (TPSA) is 128 Å². The quantitative estimate of drug-likeness (QED) is 0.340. The predicted octanol–water partition coefficient (Wildman–Crippen LogP) is 0.154. The van der Waals surface area contributed by atoms with Gasteiger partial charge in [-0.15, -0.1) is 0 Å². The van der Waals surface area contributed by atoms with Crippen LogP contribution in [0, 0.1) is 10.1 Å². The van der Waals surface area contributed by atoms with Crippen molar-refractivity contribution in [3.8, 4) is 0 Å². The van der Waals surface area contributed by atoms with Crippen LogP contribution in [0.25, 0.3) is 0 Å². The summed E-state index contributed by atoms with van der Waals surface area (Å²) in [6.07, 6.45) is 0. The van der Waals surface area contributed by atoms with Gasteiger partial charge in [-0.25, -0.2) is 0 Å². The summed E-state index contributed by atoms with van der Waals surface area (Å²) in [4.78, 5) is 10.6. The Hall–Kier alpha value is -1.90. The normalized spacial score (nSPS) is 11.2. The van der Waals surface area contributed by atoms with Gasteiger partial charge in [-0.05, 0) is 19.1 Å². The van der Waals surface area contributed by atoms with Gasteiger partial charge in [0.05, 0.1) is 24.7 Å². The van der Waals surface area contributed by atoms with Gasteiger partial charge >= 0.3 is 5.69 Å². The molecule has 8 nitrogen and oxygen atoms in total. The number of aliphatic hydroxyl groups is 3. The number of rotatable bonds is 8. The van der Waals surface area contributed by atoms with E-state index in [2.05, 4.69) is 10.6 Å². The van der Waals surface area contributed by atoms with E-state index in [0.717, 1.165) is 0 Å². The molecule has 0 aromatic heterocycles. The monoisotopic (exact) mass is 285 g/mol. The number of nitro benzene ring substituents is 1. The van der Waals surface area contributed by atoms with Gasteiger partial charge < -0.3 is 26.0 Å². The third kappa shape index (κ3) is 3.35. The highest BCUT2D eigenvalue weighted by atomic mass is 16.6. The molecule has 0 saturated heterocycles. The lowest BCUT2D eigenvalue weighted by Crippen LogP contribution is -2.49. The van der Waals surface area contributed by atoms with Crippen molar-refractivity contribution in [2.45, 2.75) is 12.5 Å². The number of nitrogens with one attached hydrogen (secondary N) is 2. The molecule has 5 N–H and O–H groups in total. The van der Waals surface area contributed by atoms with Crippen LogP contribution in [-0.2, 0) is 0 Å². The van der Waals surface area contributed by atoms with Crippen LogP contribution in [0.5, 0.6) is 0 Å². The number of hydrogen-bond acceptors (Lipinski definition) is 7. The van der Waals surface area contributed by atoms with Crippen molar-refractivity contribution in [3.05, 3.63) is 28.3 Å². The number of nitrogens with zero attached hydrogens (tertiary/aromatic N) is 1. The summed E-state index contributed by atoms with van der Waals surface area (Å²) in [7, 11) is 0. The van der Waals surface area contributed by atoms with E-state index in [-0.39, 0.29) is 11.4 Å². The molecule has 0 aliphatic rings. The zero-order valence-corrected chi connectivity index (χ0v) is 11.2. The molecular weight excluding hydrogens is 266 g/mol. The standard InChI is InChI=1S/C12H19N3O5/c1-2-13-9-4-3-5-10(11(9)15(19)20)14-12(6-16,7-17)8-18/h3-5,13-14,16-18H,2,6-8H2,1H3. The van der Waals surface area contributed by atoms with Crippen molar-refractivity contribution in [2.75, 3.05) is 37.0 Å². The van der Waals surface area contributed by atoms with Gasteiger partial charge in [-0.1, -0.05) is 6.07 Å². The van der Waals surface area contributed by atoms with E-state index in [9.17, 15) is 25.4 Å². The first-order chi connectivity index (χ1) is 9.53. The van der Waals surface area contributed by atoms with Crippen molar-refractivity contribution in [3.63, 3.8) is 0 Å². The van der Waals surface area contributed by atoms with Crippen LogP contribution in [0.2, 0.25) is 0 Å². The molecule has 20 heavy (non-hydrogen) atoms. The van der Waals surface area contributed by atoms with Crippen LogP contribution in [0.4, 0.5) is 17.1 Å².